The predicted octanol–water partition coefficient (Wildman–Crippen LogP) is 5.32. The molecule has 0 saturated carbocycles. The molecule has 4 rings (SSSR count). The second-order valence-electron chi connectivity index (χ2n) is 7.36. The molecule has 0 atom stereocenters. The Labute approximate surface area is 190 Å². The van der Waals surface area contributed by atoms with Crippen LogP contribution in [0.4, 0.5) is 11.4 Å². The lowest BCUT2D eigenvalue weighted by molar-refractivity contribution is 0.0696. The summed E-state index contributed by atoms with van der Waals surface area (Å²) >= 11 is 0. The summed E-state index contributed by atoms with van der Waals surface area (Å²) in [5.41, 5.74) is 3.04. The van der Waals surface area contributed by atoms with Crippen LogP contribution < -0.4 is 15.6 Å². The molecule has 0 radical (unpaired) electrons. The normalized spacial score (nSPS) is 11.4. The summed E-state index contributed by atoms with van der Waals surface area (Å²) in [6, 6.07) is 20.6. The molecular formula is C26H22N2O5. The fourth-order valence-corrected chi connectivity index (χ4v) is 3.36. The molecule has 4 aromatic rings. The fourth-order valence-electron chi connectivity index (χ4n) is 3.36. The number of hydrogen-bond acceptors (Lipinski definition) is 5. The number of fused-ring (bicyclic) bond motifs is 1. The second-order valence-corrected chi connectivity index (χ2v) is 7.36. The van der Waals surface area contributed by atoms with Crippen LogP contribution in [-0.4, -0.2) is 23.6 Å². The average Bonchev–Trinajstić information content (AvgIpc) is 2.79. The Balaban J connectivity index is 1.86. The molecule has 0 saturated heterocycles. The molecule has 7 heteroatoms. The van der Waals surface area contributed by atoms with Crippen molar-refractivity contribution >= 4 is 34.2 Å². The molecule has 1 amide bonds. The zero-order valence-corrected chi connectivity index (χ0v) is 18.2. The molecular weight excluding hydrogens is 420 g/mol. The van der Waals surface area contributed by atoms with Crippen LogP contribution in [0.1, 0.15) is 33.2 Å². The first kappa shape index (κ1) is 21.8. The maximum Gasteiger partial charge on any atom is 0.335 e. The van der Waals surface area contributed by atoms with E-state index in [4.69, 9.17) is 14.3 Å². The van der Waals surface area contributed by atoms with Gasteiger partial charge in [-0.1, -0.05) is 24.3 Å². The number of aromatic carboxylic acids is 1. The largest absolute Gasteiger partial charge is 0.490 e. The maximum absolute atomic E-state index is 13.2. The lowest BCUT2D eigenvalue weighted by Crippen LogP contribution is -2.21. The number of ether oxygens (including phenoxy) is 1. The Morgan fingerprint density at radius 3 is 2.48 bits per heavy atom. The number of carbonyl (C=O) groups is 2. The standard InChI is InChI=1S/C26H22N2O5/c1-3-32-22-9-5-7-18-15-21(24(29)27-20-8-4-6-16(2)14-20)25(33-23(18)22)28-19-12-10-17(11-13-19)26(30)31/h4-15H,3H2,1-2H3,(H,27,29)(H,30,31). The van der Waals surface area contributed by atoms with Crippen LogP contribution in [0.15, 0.2) is 82.2 Å². The van der Waals surface area contributed by atoms with Crippen LogP contribution >= 0.6 is 0 Å². The van der Waals surface area contributed by atoms with Gasteiger partial charge in [-0.25, -0.2) is 9.79 Å². The van der Waals surface area contributed by atoms with Gasteiger partial charge in [-0.05, 0) is 67.9 Å². The van der Waals surface area contributed by atoms with Crippen molar-refractivity contribution in [1.82, 2.24) is 0 Å². The van der Waals surface area contributed by atoms with E-state index in [1.165, 1.54) is 12.1 Å². The summed E-state index contributed by atoms with van der Waals surface area (Å²) < 4.78 is 11.7. The van der Waals surface area contributed by atoms with E-state index in [1.54, 1.807) is 30.3 Å². The minimum absolute atomic E-state index is 0.0860. The zero-order valence-electron chi connectivity index (χ0n) is 18.2. The molecule has 1 aromatic heterocycles. The number of carboxylic acid groups (broad SMARTS) is 1. The van der Waals surface area contributed by atoms with Crippen molar-refractivity contribution in [3.63, 3.8) is 0 Å². The van der Waals surface area contributed by atoms with Crippen molar-refractivity contribution < 1.29 is 23.8 Å². The molecule has 1 heterocycles. The molecule has 2 N–H and O–H groups in total. The first-order valence-electron chi connectivity index (χ1n) is 10.4. The number of rotatable bonds is 6. The van der Waals surface area contributed by atoms with Crippen molar-refractivity contribution in [2.75, 3.05) is 11.9 Å². The minimum Gasteiger partial charge on any atom is -0.490 e. The van der Waals surface area contributed by atoms with Gasteiger partial charge in [0.1, 0.15) is 5.56 Å². The Hall–Kier alpha value is -4.39. The van der Waals surface area contributed by atoms with E-state index in [1.807, 2.05) is 44.2 Å². The number of carbonyl (C=O) groups excluding carboxylic acids is 1. The van der Waals surface area contributed by atoms with Gasteiger partial charge in [0, 0.05) is 11.1 Å². The molecule has 0 fully saturated rings. The van der Waals surface area contributed by atoms with Crippen LogP contribution in [0.3, 0.4) is 0 Å². The molecule has 0 aliphatic rings. The van der Waals surface area contributed by atoms with Gasteiger partial charge in [0.2, 0.25) is 5.55 Å². The summed E-state index contributed by atoms with van der Waals surface area (Å²) in [7, 11) is 0. The highest BCUT2D eigenvalue weighted by molar-refractivity contribution is 6.05. The first-order valence-corrected chi connectivity index (χ1v) is 10.4. The Bertz CT molecular complexity index is 1400. The lowest BCUT2D eigenvalue weighted by atomic mass is 10.1. The van der Waals surface area contributed by atoms with E-state index < -0.39 is 5.97 Å². The maximum atomic E-state index is 13.2. The molecule has 0 aliphatic heterocycles. The highest BCUT2D eigenvalue weighted by Crippen LogP contribution is 2.26. The van der Waals surface area contributed by atoms with Gasteiger partial charge >= 0.3 is 5.97 Å². The van der Waals surface area contributed by atoms with Crippen molar-refractivity contribution in [2.45, 2.75) is 13.8 Å². The summed E-state index contributed by atoms with van der Waals surface area (Å²) in [6.45, 7) is 4.27. The van der Waals surface area contributed by atoms with E-state index >= 15 is 0 Å². The number of nitrogens with zero attached hydrogens (tertiary/aromatic N) is 1. The van der Waals surface area contributed by atoms with E-state index in [2.05, 4.69) is 10.3 Å². The van der Waals surface area contributed by atoms with Crippen molar-refractivity contribution in [3.05, 3.63) is 95.0 Å². The highest BCUT2D eigenvalue weighted by Gasteiger charge is 2.15. The summed E-state index contributed by atoms with van der Waals surface area (Å²) in [4.78, 5) is 28.8. The van der Waals surface area contributed by atoms with Crippen molar-refractivity contribution in [2.24, 2.45) is 4.99 Å². The average molecular weight is 442 g/mol. The SMILES string of the molecule is CCOc1cccc2cc(C(=O)Nc3cccc(C)c3)c(=Nc3ccc(C(=O)O)cc3)oc12. The van der Waals surface area contributed by atoms with Crippen LogP contribution in [0, 0.1) is 6.92 Å². The fraction of sp³-hybridized carbons (Fsp3) is 0.115. The number of benzene rings is 3. The molecule has 33 heavy (non-hydrogen) atoms. The molecule has 7 nitrogen and oxygen atoms in total. The summed E-state index contributed by atoms with van der Waals surface area (Å²) in [5, 5.41) is 12.7. The van der Waals surface area contributed by atoms with Crippen LogP contribution in [0.2, 0.25) is 0 Å². The third-order valence-electron chi connectivity index (χ3n) is 4.90. The molecule has 166 valence electrons. The van der Waals surface area contributed by atoms with Crippen molar-refractivity contribution in [1.29, 1.82) is 0 Å². The number of nitrogens with one attached hydrogen (secondary N) is 1. The number of amides is 1. The van der Waals surface area contributed by atoms with E-state index in [0.29, 0.717) is 34.7 Å². The van der Waals surface area contributed by atoms with E-state index in [9.17, 15) is 9.59 Å². The lowest BCUT2D eigenvalue weighted by Gasteiger charge is -2.10. The van der Waals surface area contributed by atoms with Gasteiger partial charge in [-0.3, -0.25) is 4.79 Å². The topological polar surface area (TPSA) is 101 Å². The van der Waals surface area contributed by atoms with Crippen molar-refractivity contribution in [3.8, 4) is 5.75 Å². The quantitative estimate of drug-likeness (QED) is 0.421. The van der Waals surface area contributed by atoms with Gasteiger partial charge in [0.15, 0.2) is 11.3 Å². The van der Waals surface area contributed by atoms with E-state index in [-0.39, 0.29) is 22.6 Å². The monoisotopic (exact) mass is 442 g/mol. The minimum atomic E-state index is -1.03. The Morgan fingerprint density at radius 2 is 1.79 bits per heavy atom. The molecule has 3 aromatic carbocycles. The van der Waals surface area contributed by atoms with Gasteiger partial charge in [-0.15, -0.1) is 0 Å². The van der Waals surface area contributed by atoms with Crippen LogP contribution in [0.5, 0.6) is 5.75 Å². The first-order chi connectivity index (χ1) is 15.9. The number of aryl methyl sites for hydroxylation is 1. The summed E-state index contributed by atoms with van der Waals surface area (Å²) in [6.07, 6.45) is 0. The van der Waals surface area contributed by atoms with Gasteiger partial charge in [0.25, 0.3) is 5.91 Å². The molecule has 0 spiro atoms. The predicted molar refractivity (Wildman–Crippen MR) is 125 cm³/mol. The second kappa shape index (κ2) is 9.40. The zero-order chi connectivity index (χ0) is 23.4. The summed E-state index contributed by atoms with van der Waals surface area (Å²) in [5.74, 6) is -0.871. The van der Waals surface area contributed by atoms with Crippen LogP contribution in [-0.2, 0) is 0 Å². The number of hydrogen-bond donors (Lipinski definition) is 2. The third-order valence-corrected chi connectivity index (χ3v) is 4.90. The Kier molecular flexibility index (Phi) is 6.22. The molecule has 0 bridgehead atoms. The number of para-hydroxylation sites is 1. The van der Waals surface area contributed by atoms with Gasteiger partial charge in [0.05, 0.1) is 17.9 Å². The van der Waals surface area contributed by atoms with E-state index in [0.717, 1.165) is 5.56 Å². The highest BCUT2D eigenvalue weighted by atomic mass is 16.5. The Morgan fingerprint density at radius 1 is 1.03 bits per heavy atom. The molecule has 0 aliphatic carbocycles. The van der Waals surface area contributed by atoms with Gasteiger partial charge in [-0.2, -0.15) is 0 Å². The van der Waals surface area contributed by atoms with Gasteiger partial charge < -0.3 is 19.6 Å². The van der Waals surface area contributed by atoms with Crippen LogP contribution in [0.25, 0.3) is 11.0 Å². The number of carboxylic acids is 1. The smallest absolute Gasteiger partial charge is 0.335 e. The third kappa shape index (κ3) is 4.93. The number of anilines is 1. The molecule has 0 unspecified atom stereocenters.